The number of benzene rings is 2. The highest BCUT2D eigenvalue weighted by Gasteiger charge is 2.57. The molecule has 2 saturated carbocycles. The van der Waals surface area contributed by atoms with Crippen molar-refractivity contribution in [2.45, 2.75) is 56.6 Å². The van der Waals surface area contributed by atoms with E-state index in [1.54, 1.807) is 30.3 Å². The Morgan fingerprint density at radius 3 is 2.40 bits per heavy atom. The zero-order chi connectivity index (χ0) is 28.3. The molecule has 1 unspecified atom stereocenters. The van der Waals surface area contributed by atoms with Gasteiger partial charge in [0.1, 0.15) is 12.4 Å². The topological polar surface area (TPSA) is 96.0 Å². The van der Waals surface area contributed by atoms with E-state index in [1.165, 1.54) is 25.5 Å². The fourth-order valence-corrected chi connectivity index (χ4v) is 6.95. The van der Waals surface area contributed by atoms with Gasteiger partial charge in [0, 0.05) is 55.5 Å². The molecule has 0 bridgehead atoms. The summed E-state index contributed by atoms with van der Waals surface area (Å²) < 4.78 is 29.5. The Labute approximate surface area is 241 Å². The van der Waals surface area contributed by atoms with Crippen LogP contribution in [0.4, 0.5) is 0 Å². The molecule has 2 aromatic carbocycles. The van der Waals surface area contributed by atoms with Crippen molar-refractivity contribution in [3.05, 3.63) is 58.6 Å². The normalized spacial score (nSPS) is 20.8. The van der Waals surface area contributed by atoms with Crippen LogP contribution in [0.25, 0.3) is 0 Å². The maximum absolute atomic E-state index is 12.8. The molecule has 2 aromatic rings. The molecule has 3 fully saturated rings. The van der Waals surface area contributed by atoms with Crippen LogP contribution in [0.5, 0.6) is 5.75 Å². The van der Waals surface area contributed by atoms with Crippen molar-refractivity contribution in [2.24, 2.45) is 11.3 Å². The van der Waals surface area contributed by atoms with E-state index in [-0.39, 0.29) is 34.6 Å². The number of carbonyl (C=O) groups excluding carboxylic acids is 2. The average Bonchev–Trinajstić information content (AvgIpc) is 3.64. The third kappa shape index (κ3) is 6.98. The zero-order valence-electron chi connectivity index (χ0n) is 23.0. The van der Waals surface area contributed by atoms with E-state index in [4.69, 9.17) is 16.3 Å². The van der Waals surface area contributed by atoms with Crippen LogP contribution in [0.15, 0.2) is 47.4 Å². The number of hydrogen-bond donors (Lipinski definition) is 1. The smallest absolute Gasteiger partial charge is 0.242 e. The minimum absolute atomic E-state index is 0.0278. The Morgan fingerprint density at radius 1 is 1.02 bits per heavy atom. The standard InChI is InChI=1S/C30H38ClN3O5S/c1-40(37,38)25-8-5-22(6-9-25)21-39-27-10-7-24(31)17-23(27)20-33-13-15-34(16-14-33)28(35)19-32-29(36)26-18-30(26)11-3-2-4-12-30/h5-10,17,26H,2-4,11-16,18-21H2,1H3,(H,32,36). The summed E-state index contributed by atoms with van der Waals surface area (Å²) in [6.45, 7) is 3.63. The fraction of sp³-hybridized carbons (Fsp3) is 0.533. The van der Waals surface area contributed by atoms with E-state index in [9.17, 15) is 18.0 Å². The molecule has 1 aliphatic heterocycles. The van der Waals surface area contributed by atoms with Gasteiger partial charge in [-0.1, -0.05) is 43.0 Å². The van der Waals surface area contributed by atoms with Gasteiger partial charge in [0.05, 0.1) is 11.4 Å². The molecule has 2 amide bonds. The van der Waals surface area contributed by atoms with Gasteiger partial charge in [-0.3, -0.25) is 14.5 Å². The molecular weight excluding hydrogens is 550 g/mol. The molecule has 2 aliphatic carbocycles. The number of amides is 2. The third-order valence-electron chi connectivity index (χ3n) is 8.66. The number of carbonyl (C=O) groups is 2. The lowest BCUT2D eigenvalue weighted by molar-refractivity contribution is -0.134. The number of nitrogens with one attached hydrogen (secondary N) is 1. The highest BCUT2D eigenvalue weighted by atomic mass is 35.5. The first-order valence-corrected chi connectivity index (χ1v) is 16.4. The summed E-state index contributed by atoms with van der Waals surface area (Å²) in [5, 5.41) is 3.53. The minimum Gasteiger partial charge on any atom is -0.489 e. The van der Waals surface area contributed by atoms with E-state index in [0.29, 0.717) is 50.1 Å². The zero-order valence-corrected chi connectivity index (χ0v) is 24.6. The molecule has 8 nitrogen and oxygen atoms in total. The third-order valence-corrected chi connectivity index (χ3v) is 10.0. The second kappa shape index (κ2) is 12.1. The molecule has 1 heterocycles. The predicted octanol–water partition coefficient (Wildman–Crippen LogP) is 4.05. The van der Waals surface area contributed by atoms with Crippen molar-refractivity contribution in [1.29, 1.82) is 0 Å². The summed E-state index contributed by atoms with van der Waals surface area (Å²) in [6, 6.07) is 12.2. The van der Waals surface area contributed by atoms with E-state index in [2.05, 4.69) is 10.2 Å². The van der Waals surface area contributed by atoms with E-state index in [0.717, 1.165) is 30.4 Å². The first-order valence-electron chi connectivity index (χ1n) is 14.1. The quantitative estimate of drug-likeness (QED) is 0.475. The molecule has 1 N–H and O–H groups in total. The van der Waals surface area contributed by atoms with Gasteiger partial charge in [-0.2, -0.15) is 0 Å². The van der Waals surface area contributed by atoms with Crippen LogP contribution >= 0.6 is 11.6 Å². The molecule has 40 heavy (non-hydrogen) atoms. The summed E-state index contributed by atoms with van der Waals surface area (Å²) in [6.07, 6.45) is 8.18. The second-order valence-corrected chi connectivity index (χ2v) is 14.0. The van der Waals surface area contributed by atoms with Crippen LogP contribution in [0.1, 0.15) is 49.7 Å². The molecule has 1 atom stereocenters. The van der Waals surface area contributed by atoms with Crippen LogP contribution in [-0.4, -0.2) is 69.0 Å². The number of piperazine rings is 1. The Balaban J connectivity index is 1.09. The Bertz CT molecular complexity index is 1330. The van der Waals surface area contributed by atoms with Crippen molar-refractivity contribution >= 4 is 33.3 Å². The number of rotatable bonds is 9. The lowest BCUT2D eigenvalue weighted by Gasteiger charge is -2.35. The Hall–Kier alpha value is -2.62. The summed E-state index contributed by atoms with van der Waals surface area (Å²) in [5.41, 5.74) is 2.04. The molecule has 216 valence electrons. The van der Waals surface area contributed by atoms with Crippen LogP contribution < -0.4 is 10.1 Å². The van der Waals surface area contributed by atoms with Crippen molar-refractivity contribution in [1.82, 2.24) is 15.1 Å². The average molecular weight is 588 g/mol. The first-order chi connectivity index (χ1) is 19.1. The summed E-state index contributed by atoms with van der Waals surface area (Å²) in [5.74, 6) is 0.834. The molecule has 3 aliphatic rings. The molecule has 1 spiro atoms. The SMILES string of the molecule is CS(=O)(=O)c1ccc(COc2ccc(Cl)cc2CN2CCN(C(=O)CNC(=O)C3CC34CCCCC4)CC2)cc1. The summed E-state index contributed by atoms with van der Waals surface area (Å²) >= 11 is 6.29. The van der Waals surface area contributed by atoms with E-state index >= 15 is 0 Å². The molecule has 5 rings (SSSR count). The van der Waals surface area contributed by atoms with Crippen LogP contribution in [0.2, 0.25) is 5.02 Å². The minimum atomic E-state index is -3.24. The number of hydrogen-bond acceptors (Lipinski definition) is 6. The predicted molar refractivity (Wildman–Crippen MR) is 154 cm³/mol. The van der Waals surface area contributed by atoms with Gasteiger partial charge < -0.3 is 15.0 Å². The fourth-order valence-electron chi connectivity index (χ4n) is 6.13. The van der Waals surface area contributed by atoms with Gasteiger partial charge in [-0.15, -0.1) is 0 Å². The lowest BCUT2D eigenvalue weighted by Crippen LogP contribution is -2.51. The monoisotopic (exact) mass is 587 g/mol. The maximum atomic E-state index is 12.8. The van der Waals surface area contributed by atoms with Crippen LogP contribution in [-0.2, 0) is 32.6 Å². The lowest BCUT2D eigenvalue weighted by atomic mass is 9.84. The van der Waals surface area contributed by atoms with Crippen LogP contribution in [0, 0.1) is 11.3 Å². The maximum Gasteiger partial charge on any atom is 0.242 e. The molecule has 10 heteroatoms. The molecular formula is C30H38ClN3O5S. The van der Waals surface area contributed by atoms with Gasteiger partial charge in [0.2, 0.25) is 11.8 Å². The van der Waals surface area contributed by atoms with Gasteiger partial charge in [-0.05, 0) is 60.6 Å². The largest absolute Gasteiger partial charge is 0.489 e. The first kappa shape index (κ1) is 28.9. The molecule has 0 radical (unpaired) electrons. The van der Waals surface area contributed by atoms with Gasteiger partial charge >= 0.3 is 0 Å². The van der Waals surface area contributed by atoms with Gasteiger partial charge in [-0.25, -0.2) is 8.42 Å². The number of sulfone groups is 1. The molecule has 1 saturated heterocycles. The summed E-state index contributed by atoms with van der Waals surface area (Å²) in [7, 11) is -3.24. The van der Waals surface area contributed by atoms with Gasteiger partial charge in [0.25, 0.3) is 0 Å². The Kier molecular flexibility index (Phi) is 8.73. The molecule has 0 aromatic heterocycles. The number of ether oxygens (including phenoxy) is 1. The van der Waals surface area contributed by atoms with Crippen molar-refractivity contribution in [3.8, 4) is 5.75 Å². The highest BCUT2D eigenvalue weighted by molar-refractivity contribution is 7.90. The second-order valence-electron chi connectivity index (χ2n) is 11.5. The highest BCUT2D eigenvalue weighted by Crippen LogP contribution is 2.61. The number of nitrogens with zero attached hydrogens (tertiary/aromatic N) is 2. The van der Waals surface area contributed by atoms with Gasteiger partial charge in [0.15, 0.2) is 9.84 Å². The van der Waals surface area contributed by atoms with E-state index in [1.807, 2.05) is 17.0 Å². The van der Waals surface area contributed by atoms with Crippen LogP contribution in [0.3, 0.4) is 0 Å². The van der Waals surface area contributed by atoms with Crippen molar-refractivity contribution in [3.63, 3.8) is 0 Å². The summed E-state index contributed by atoms with van der Waals surface area (Å²) in [4.78, 5) is 29.8. The van der Waals surface area contributed by atoms with Crippen molar-refractivity contribution < 1.29 is 22.7 Å². The van der Waals surface area contributed by atoms with Crippen molar-refractivity contribution in [2.75, 3.05) is 39.0 Å². The number of halogens is 1. The van der Waals surface area contributed by atoms with E-state index < -0.39 is 9.84 Å². The Morgan fingerprint density at radius 2 is 1.73 bits per heavy atom.